The molecule has 1 aromatic heterocycles. The zero-order chi connectivity index (χ0) is 18.9. The van der Waals surface area contributed by atoms with E-state index in [1.807, 2.05) is 32.0 Å². The first kappa shape index (κ1) is 18.8. The monoisotopic (exact) mass is 409 g/mol. The average Bonchev–Trinajstić information content (AvgIpc) is 2.91. The number of nitrogens with one attached hydrogen (secondary N) is 1. The summed E-state index contributed by atoms with van der Waals surface area (Å²) in [5, 5.41) is 5.05. The van der Waals surface area contributed by atoms with E-state index in [-0.39, 0.29) is 15.7 Å². The number of aryl methyl sites for hydroxylation is 2. The number of hydrogen-bond acceptors (Lipinski definition) is 3. The maximum atomic E-state index is 12.6. The van der Waals surface area contributed by atoms with Gasteiger partial charge >= 0.3 is 0 Å². The van der Waals surface area contributed by atoms with Gasteiger partial charge in [0.2, 0.25) is 0 Å². The molecule has 0 amide bonds. The average molecular weight is 410 g/mol. The van der Waals surface area contributed by atoms with E-state index in [2.05, 4.69) is 9.82 Å². The lowest BCUT2D eigenvalue weighted by atomic mass is 10.1. The smallest absolute Gasteiger partial charge is 0.263 e. The predicted molar refractivity (Wildman–Crippen MR) is 105 cm³/mol. The third-order valence-electron chi connectivity index (χ3n) is 4.03. The number of sulfonamides is 1. The van der Waals surface area contributed by atoms with E-state index < -0.39 is 10.0 Å². The molecule has 0 bridgehead atoms. The summed E-state index contributed by atoms with van der Waals surface area (Å²) in [7, 11) is -3.78. The topological polar surface area (TPSA) is 64.0 Å². The van der Waals surface area contributed by atoms with Gasteiger partial charge in [-0.15, -0.1) is 0 Å². The molecule has 0 aliphatic carbocycles. The lowest BCUT2D eigenvalue weighted by Gasteiger charge is -2.08. The third kappa shape index (κ3) is 4.03. The van der Waals surface area contributed by atoms with Crippen LogP contribution < -0.4 is 4.72 Å². The number of halogens is 2. The van der Waals surface area contributed by atoms with Crippen LogP contribution in [0.3, 0.4) is 0 Å². The van der Waals surface area contributed by atoms with Crippen LogP contribution in [0.2, 0.25) is 10.0 Å². The molecule has 0 radical (unpaired) electrons. The van der Waals surface area contributed by atoms with Gasteiger partial charge in [-0.2, -0.15) is 5.10 Å². The second-order valence-electron chi connectivity index (χ2n) is 5.97. The van der Waals surface area contributed by atoms with Crippen molar-refractivity contribution in [2.45, 2.75) is 25.3 Å². The molecule has 0 fully saturated rings. The molecular formula is C18H17Cl2N3O2S. The van der Waals surface area contributed by atoms with Crippen LogP contribution in [0.15, 0.2) is 53.6 Å². The van der Waals surface area contributed by atoms with E-state index in [9.17, 15) is 8.42 Å². The van der Waals surface area contributed by atoms with Crippen molar-refractivity contribution in [2.75, 3.05) is 4.72 Å². The fourth-order valence-corrected chi connectivity index (χ4v) is 3.97. The van der Waals surface area contributed by atoms with Crippen molar-refractivity contribution in [1.82, 2.24) is 9.78 Å². The molecule has 1 N–H and O–H groups in total. The molecule has 1 heterocycles. The molecular weight excluding hydrogens is 393 g/mol. The summed E-state index contributed by atoms with van der Waals surface area (Å²) in [5.74, 6) is 0.0805. The number of anilines is 1. The summed E-state index contributed by atoms with van der Waals surface area (Å²) >= 11 is 12.3. The molecule has 26 heavy (non-hydrogen) atoms. The molecule has 0 aliphatic rings. The number of hydrogen-bond donors (Lipinski definition) is 1. The van der Waals surface area contributed by atoms with Gasteiger partial charge in [0.1, 0.15) is 5.02 Å². The molecule has 3 rings (SSSR count). The summed E-state index contributed by atoms with van der Waals surface area (Å²) < 4.78 is 29.2. The summed E-state index contributed by atoms with van der Waals surface area (Å²) in [6, 6.07) is 12.3. The van der Waals surface area contributed by atoms with Crippen molar-refractivity contribution in [2.24, 2.45) is 0 Å². The minimum absolute atomic E-state index is 0.0805. The van der Waals surface area contributed by atoms with Crippen molar-refractivity contribution in [3.05, 3.63) is 75.4 Å². The van der Waals surface area contributed by atoms with E-state index in [0.717, 1.165) is 16.7 Å². The fraction of sp³-hybridized carbons (Fsp3) is 0.167. The molecule has 0 saturated heterocycles. The van der Waals surface area contributed by atoms with Gasteiger partial charge in [0.25, 0.3) is 10.0 Å². The maximum absolute atomic E-state index is 12.6. The van der Waals surface area contributed by atoms with Crippen LogP contribution in [0.1, 0.15) is 16.7 Å². The minimum Gasteiger partial charge on any atom is -0.265 e. The molecule has 0 atom stereocenters. The van der Waals surface area contributed by atoms with Crippen LogP contribution in [-0.4, -0.2) is 18.2 Å². The molecule has 0 spiro atoms. The van der Waals surface area contributed by atoms with Crippen molar-refractivity contribution in [3.63, 3.8) is 0 Å². The standard InChI is InChI=1S/C18H17Cl2N3O2S/c1-12-7-8-15(9-13(12)2)26(24,25)22-18-17(20)11-23(21-18)10-14-5-3-4-6-16(14)19/h3-9,11H,10H2,1-2H3,(H,21,22). The highest BCUT2D eigenvalue weighted by molar-refractivity contribution is 7.92. The molecule has 3 aromatic rings. The number of aromatic nitrogens is 2. The Hall–Kier alpha value is -2.02. The highest BCUT2D eigenvalue weighted by atomic mass is 35.5. The summed E-state index contributed by atoms with van der Waals surface area (Å²) in [6.45, 7) is 4.16. The molecule has 0 aliphatic heterocycles. The largest absolute Gasteiger partial charge is 0.265 e. The third-order valence-corrected chi connectivity index (χ3v) is 6.01. The van der Waals surface area contributed by atoms with Crippen LogP contribution >= 0.6 is 23.2 Å². The van der Waals surface area contributed by atoms with E-state index in [1.165, 1.54) is 0 Å². The zero-order valence-corrected chi connectivity index (χ0v) is 16.5. The summed E-state index contributed by atoms with van der Waals surface area (Å²) in [6.07, 6.45) is 1.56. The normalized spacial score (nSPS) is 11.5. The van der Waals surface area contributed by atoms with Gasteiger partial charge in [-0.25, -0.2) is 8.42 Å². The Balaban J connectivity index is 1.85. The van der Waals surface area contributed by atoms with E-state index in [0.29, 0.717) is 11.6 Å². The van der Waals surface area contributed by atoms with Gasteiger partial charge in [0, 0.05) is 11.2 Å². The first-order chi connectivity index (χ1) is 12.3. The Labute approximate surface area is 162 Å². The molecule has 0 saturated carbocycles. The molecule has 8 heteroatoms. The van der Waals surface area contributed by atoms with Gasteiger partial charge in [-0.05, 0) is 48.7 Å². The highest BCUT2D eigenvalue weighted by Gasteiger charge is 2.19. The fourth-order valence-electron chi connectivity index (χ4n) is 2.42. The van der Waals surface area contributed by atoms with Crippen molar-refractivity contribution < 1.29 is 8.42 Å². The van der Waals surface area contributed by atoms with Crippen LogP contribution in [0.4, 0.5) is 5.82 Å². The Morgan fingerprint density at radius 1 is 1.04 bits per heavy atom. The van der Waals surface area contributed by atoms with Gasteiger partial charge in [0.15, 0.2) is 5.82 Å². The van der Waals surface area contributed by atoms with E-state index in [1.54, 1.807) is 35.1 Å². The zero-order valence-electron chi connectivity index (χ0n) is 14.2. The number of nitrogens with zero attached hydrogens (tertiary/aromatic N) is 2. The highest BCUT2D eigenvalue weighted by Crippen LogP contribution is 2.25. The Kier molecular flexibility index (Phi) is 5.27. The lowest BCUT2D eigenvalue weighted by molar-refractivity contribution is 0.600. The van der Waals surface area contributed by atoms with E-state index >= 15 is 0 Å². The quantitative estimate of drug-likeness (QED) is 0.666. The van der Waals surface area contributed by atoms with Gasteiger partial charge in [-0.3, -0.25) is 9.40 Å². The Morgan fingerprint density at radius 2 is 1.77 bits per heavy atom. The minimum atomic E-state index is -3.78. The molecule has 0 unspecified atom stereocenters. The van der Waals surface area contributed by atoms with Gasteiger partial charge < -0.3 is 0 Å². The summed E-state index contributed by atoms with van der Waals surface area (Å²) in [4.78, 5) is 0.164. The second kappa shape index (κ2) is 7.31. The first-order valence-corrected chi connectivity index (χ1v) is 10.1. The first-order valence-electron chi connectivity index (χ1n) is 7.83. The lowest BCUT2D eigenvalue weighted by Crippen LogP contribution is -2.14. The molecule has 2 aromatic carbocycles. The Morgan fingerprint density at radius 3 is 2.46 bits per heavy atom. The summed E-state index contributed by atoms with van der Waals surface area (Å²) in [5.41, 5.74) is 2.77. The second-order valence-corrected chi connectivity index (χ2v) is 8.46. The van der Waals surface area contributed by atoms with Crippen molar-refractivity contribution >= 4 is 39.0 Å². The van der Waals surface area contributed by atoms with Crippen LogP contribution in [-0.2, 0) is 16.6 Å². The predicted octanol–water partition coefficient (Wildman–Crippen LogP) is 4.66. The van der Waals surface area contributed by atoms with Crippen LogP contribution in [0.5, 0.6) is 0 Å². The molecule has 5 nitrogen and oxygen atoms in total. The molecule has 136 valence electrons. The van der Waals surface area contributed by atoms with Gasteiger partial charge in [-0.1, -0.05) is 47.5 Å². The van der Waals surface area contributed by atoms with Crippen LogP contribution in [0, 0.1) is 13.8 Å². The van der Waals surface area contributed by atoms with Crippen LogP contribution in [0.25, 0.3) is 0 Å². The Bertz CT molecular complexity index is 1060. The van der Waals surface area contributed by atoms with Gasteiger partial charge in [0.05, 0.1) is 11.4 Å². The maximum Gasteiger partial charge on any atom is 0.263 e. The number of benzene rings is 2. The van der Waals surface area contributed by atoms with E-state index in [4.69, 9.17) is 23.2 Å². The number of rotatable bonds is 5. The van der Waals surface area contributed by atoms with Crippen molar-refractivity contribution in [3.8, 4) is 0 Å². The SMILES string of the molecule is Cc1ccc(S(=O)(=O)Nc2nn(Cc3ccccc3Cl)cc2Cl)cc1C. The van der Waals surface area contributed by atoms with Crippen molar-refractivity contribution in [1.29, 1.82) is 0 Å².